The summed E-state index contributed by atoms with van der Waals surface area (Å²) in [5, 5.41) is 2.98. The first-order valence-electron chi connectivity index (χ1n) is 3.27. The highest BCUT2D eigenvalue weighted by Gasteiger charge is 2.14. The maximum absolute atomic E-state index is 10.4. The first-order chi connectivity index (χ1) is 4.79. The third-order valence-electron chi connectivity index (χ3n) is 1.20. The van der Waals surface area contributed by atoms with E-state index in [1.165, 1.54) is 6.92 Å². The van der Waals surface area contributed by atoms with Crippen molar-refractivity contribution >= 4 is 5.97 Å². The Labute approximate surface area is 59.5 Å². The van der Waals surface area contributed by atoms with Crippen molar-refractivity contribution in [2.75, 3.05) is 19.8 Å². The van der Waals surface area contributed by atoms with E-state index in [2.05, 4.69) is 5.32 Å². The van der Waals surface area contributed by atoms with Crippen LogP contribution in [0.3, 0.4) is 0 Å². The molecule has 1 fully saturated rings. The van der Waals surface area contributed by atoms with Crippen LogP contribution in [0, 0.1) is 0 Å². The molecule has 1 saturated heterocycles. The summed E-state index contributed by atoms with van der Waals surface area (Å²) in [6.07, 6.45) is -0.244. The summed E-state index contributed by atoms with van der Waals surface area (Å²) in [5.41, 5.74) is 0. The highest BCUT2D eigenvalue weighted by molar-refractivity contribution is 5.66. The molecule has 1 rings (SSSR count). The quantitative estimate of drug-likeness (QED) is 0.505. The van der Waals surface area contributed by atoms with Crippen molar-refractivity contribution in [1.29, 1.82) is 0 Å². The average Bonchev–Trinajstić information content (AvgIpc) is 1.88. The van der Waals surface area contributed by atoms with Crippen molar-refractivity contribution in [3.05, 3.63) is 0 Å². The number of hydrogen-bond acceptors (Lipinski definition) is 4. The number of hydrogen-bond donors (Lipinski definition) is 1. The summed E-state index contributed by atoms with van der Waals surface area (Å²) in [6.45, 7) is 3.28. The standard InChI is InChI=1S/C6H11NO3/c1-5(8)10-6-4-9-3-2-7-6/h6-7H,2-4H2,1H3. The molecular formula is C6H11NO3. The van der Waals surface area contributed by atoms with E-state index in [4.69, 9.17) is 9.47 Å². The lowest BCUT2D eigenvalue weighted by Gasteiger charge is -2.22. The van der Waals surface area contributed by atoms with Crippen LogP contribution in [-0.2, 0) is 14.3 Å². The van der Waals surface area contributed by atoms with Gasteiger partial charge in [-0.3, -0.25) is 10.1 Å². The lowest BCUT2D eigenvalue weighted by atomic mass is 10.5. The lowest BCUT2D eigenvalue weighted by molar-refractivity contribution is -0.154. The van der Waals surface area contributed by atoms with Gasteiger partial charge in [0.05, 0.1) is 13.2 Å². The molecule has 0 bridgehead atoms. The summed E-state index contributed by atoms with van der Waals surface area (Å²) < 4.78 is 9.86. The maximum atomic E-state index is 10.4. The molecule has 0 aliphatic carbocycles. The smallest absolute Gasteiger partial charge is 0.304 e. The van der Waals surface area contributed by atoms with E-state index >= 15 is 0 Å². The Morgan fingerprint density at radius 2 is 2.60 bits per heavy atom. The van der Waals surface area contributed by atoms with Gasteiger partial charge in [0.15, 0.2) is 6.23 Å². The Morgan fingerprint density at radius 3 is 3.10 bits per heavy atom. The molecule has 0 saturated carbocycles. The summed E-state index contributed by atoms with van der Waals surface area (Å²) in [5.74, 6) is -0.275. The van der Waals surface area contributed by atoms with Crippen molar-refractivity contribution in [1.82, 2.24) is 5.32 Å². The zero-order chi connectivity index (χ0) is 7.40. The molecule has 0 spiro atoms. The van der Waals surface area contributed by atoms with Crippen molar-refractivity contribution in [2.24, 2.45) is 0 Å². The molecule has 0 aromatic heterocycles. The molecule has 58 valence electrons. The van der Waals surface area contributed by atoms with Gasteiger partial charge in [0.1, 0.15) is 0 Å². The average molecular weight is 145 g/mol. The molecule has 1 N–H and O–H groups in total. The first kappa shape index (κ1) is 7.50. The number of esters is 1. The molecule has 1 atom stereocenters. The zero-order valence-corrected chi connectivity index (χ0v) is 5.92. The third kappa shape index (κ3) is 2.33. The molecular weight excluding hydrogens is 134 g/mol. The fraction of sp³-hybridized carbons (Fsp3) is 0.833. The fourth-order valence-corrected chi connectivity index (χ4v) is 0.817. The number of ether oxygens (including phenoxy) is 2. The Morgan fingerprint density at radius 1 is 1.80 bits per heavy atom. The van der Waals surface area contributed by atoms with Crippen molar-refractivity contribution in [2.45, 2.75) is 13.2 Å². The van der Waals surface area contributed by atoms with E-state index in [9.17, 15) is 4.79 Å². The normalized spacial score (nSPS) is 25.9. The van der Waals surface area contributed by atoms with Crippen molar-refractivity contribution in [3.63, 3.8) is 0 Å². The third-order valence-corrected chi connectivity index (χ3v) is 1.20. The van der Waals surface area contributed by atoms with E-state index in [-0.39, 0.29) is 12.2 Å². The van der Waals surface area contributed by atoms with E-state index in [1.807, 2.05) is 0 Å². The van der Waals surface area contributed by atoms with Crippen LogP contribution in [0.5, 0.6) is 0 Å². The predicted octanol–water partition coefficient (Wildman–Crippen LogP) is -0.505. The van der Waals surface area contributed by atoms with Gasteiger partial charge in [0.25, 0.3) is 0 Å². The minimum absolute atomic E-state index is 0.244. The number of morpholine rings is 1. The van der Waals surface area contributed by atoms with Crippen molar-refractivity contribution in [3.8, 4) is 0 Å². The molecule has 0 aromatic rings. The largest absolute Gasteiger partial charge is 0.444 e. The Kier molecular flexibility index (Phi) is 2.65. The second kappa shape index (κ2) is 3.53. The SMILES string of the molecule is CC(=O)OC1COCCN1. The second-order valence-electron chi connectivity index (χ2n) is 2.13. The van der Waals surface area contributed by atoms with Crippen LogP contribution in [0.1, 0.15) is 6.92 Å². The molecule has 1 aliphatic heterocycles. The molecule has 4 heteroatoms. The van der Waals surface area contributed by atoms with Gasteiger partial charge in [-0.05, 0) is 0 Å². The number of nitrogens with one attached hydrogen (secondary N) is 1. The molecule has 0 aromatic carbocycles. The Bertz CT molecular complexity index is 120. The van der Waals surface area contributed by atoms with E-state index < -0.39 is 0 Å². The Balaban J connectivity index is 2.19. The molecule has 1 unspecified atom stereocenters. The summed E-state index contributed by atoms with van der Waals surface area (Å²) in [7, 11) is 0. The van der Waals surface area contributed by atoms with Crippen LogP contribution in [0.4, 0.5) is 0 Å². The van der Waals surface area contributed by atoms with Crippen LogP contribution in [0.25, 0.3) is 0 Å². The van der Waals surface area contributed by atoms with Gasteiger partial charge in [0, 0.05) is 13.5 Å². The van der Waals surface area contributed by atoms with Crippen LogP contribution >= 0.6 is 0 Å². The van der Waals surface area contributed by atoms with E-state index in [0.29, 0.717) is 13.2 Å². The minimum Gasteiger partial charge on any atom is -0.444 e. The summed E-state index contributed by atoms with van der Waals surface area (Å²) in [6, 6.07) is 0. The van der Waals surface area contributed by atoms with Crippen LogP contribution in [-0.4, -0.2) is 32.0 Å². The van der Waals surface area contributed by atoms with Crippen molar-refractivity contribution < 1.29 is 14.3 Å². The lowest BCUT2D eigenvalue weighted by Crippen LogP contribution is -2.43. The fourth-order valence-electron chi connectivity index (χ4n) is 0.817. The summed E-state index contributed by atoms with van der Waals surface area (Å²) >= 11 is 0. The highest BCUT2D eigenvalue weighted by atomic mass is 16.6. The van der Waals surface area contributed by atoms with Gasteiger partial charge < -0.3 is 9.47 Å². The van der Waals surface area contributed by atoms with Gasteiger partial charge in [0.2, 0.25) is 0 Å². The number of rotatable bonds is 1. The van der Waals surface area contributed by atoms with Crippen LogP contribution in [0.2, 0.25) is 0 Å². The van der Waals surface area contributed by atoms with E-state index in [0.717, 1.165) is 6.54 Å². The molecule has 0 radical (unpaired) electrons. The molecule has 4 nitrogen and oxygen atoms in total. The number of carbonyl (C=O) groups is 1. The van der Waals surface area contributed by atoms with Gasteiger partial charge in [-0.15, -0.1) is 0 Å². The molecule has 0 amide bonds. The maximum Gasteiger partial charge on any atom is 0.304 e. The molecule has 10 heavy (non-hydrogen) atoms. The topological polar surface area (TPSA) is 47.6 Å². The minimum atomic E-state index is -0.275. The second-order valence-corrected chi connectivity index (χ2v) is 2.13. The summed E-state index contributed by atoms with van der Waals surface area (Å²) in [4.78, 5) is 10.4. The predicted molar refractivity (Wildman–Crippen MR) is 34.4 cm³/mol. The highest BCUT2D eigenvalue weighted by Crippen LogP contribution is 1.94. The van der Waals surface area contributed by atoms with Gasteiger partial charge in [-0.1, -0.05) is 0 Å². The molecule has 1 heterocycles. The van der Waals surface area contributed by atoms with Gasteiger partial charge >= 0.3 is 5.97 Å². The molecule has 1 aliphatic rings. The first-order valence-corrected chi connectivity index (χ1v) is 3.27. The van der Waals surface area contributed by atoms with Gasteiger partial charge in [-0.2, -0.15) is 0 Å². The van der Waals surface area contributed by atoms with Crippen LogP contribution in [0.15, 0.2) is 0 Å². The Hall–Kier alpha value is -0.610. The van der Waals surface area contributed by atoms with E-state index in [1.54, 1.807) is 0 Å². The number of carbonyl (C=O) groups excluding carboxylic acids is 1. The van der Waals surface area contributed by atoms with Gasteiger partial charge in [-0.25, -0.2) is 0 Å². The zero-order valence-electron chi connectivity index (χ0n) is 5.92. The monoisotopic (exact) mass is 145 g/mol. The van der Waals surface area contributed by atoms with Crippen LogP contribution < -0.4 is 5.32 Å².